The van der Waals surface area contributed by atoms with Gasteiger partial charge in [-0.15, -0.1) is 0 Å². The van der Waals surface area contributed by atoms with Crippen molar-refractivity contribution in [3.8, 4) is 6.07 Å². The molecule has 0 aromatic heterocycles. The Balaban J connectivity index is 1.88. The van der Waals surface area contributed by atoms with Crippen molar-refractivity contribution in [1.82, 2.24) is 5.32 Å². The fraction of sp³-hybridized carbons (Fsp3) is 0.0500. The number of carbonyl (C=O) groups is 3. The summed E-state index contributed by atoms with van der Waals surface area (Å²) in [6.45, 7) is 0. The predicted molar refractivity (Wildman–Crippen MR) is 115 cm³/mol. The predicted octanol–water partition coefficient (Wildman–Crippen LogP) is 2.90. The number of thiocarbonyl (C=S) groups is 1. The highest BCUT2D eigenvalue weighted by molar-refractivity contribution is 9.10. The SMILES string of the molecule is N#C/C(=C/[C@H]1C(=O)NC(=S)N(c2ccccc2)C1=O)C(=O)Nc1cccc(Br)c1. The fourth-order valence-electron chi connectivity index (χ4n) is 2.65. The third-order valence-electron chi connectivity index (χ3n) is 4.00. The van der Waals surface area contributed by atoms with Crippen molar-refractivity contribution in [2.75, 3.05) is 10.2 Å². The lowest BCUT2D eigenvalue weighted by molar-refractivity contribution is -0.131. The zero-order valence-electron chi connectivity index (χ0n) is 14.8. The normalized spacial score (nSPS) is 16.8. The fourth-order valence-corrected chi connectivity index (χ4v) is 3.35. The lowest BCUT2D eigenvalue weighted by atomic mass is 10.0. The quantitative estimate of drug-likeness (QED) is 0.310. The summed E-state index contributed by atoms with van der Waals surface area (Å²) in [6.07, 6.45) is 1.04. The molecular weight excluding hydrogens is 456 g/mol. The first-order valence-corrected chi connectivity index (χ1v) is 9.53. The Hall–Kier alpha value is -3.35. The monoisotopic (exact) mass is 468 g/mol. The van der Waals surface area contributed by atoms with Crippen LogP contribution in [0.3, 0.4) is 0 Å². The van der Waals surface area contributed by atoms with E-state index in [-0.39, 0.29) is 10.7 Å². The molecule has 2 aromatic rings. The topological polar surface area (TPSA) is 102 Å². The highest BCUT2D eigenvalue weighted by Gasteiger charge is 2.38. The second-order valence-electron chi connectivity index (χ2n) is 5.94. The number of hydrogen-bond donors (Lipinski definition) is 2. The van der Waals surface area contributed by atoms with Gasteiger partial charge in [0.2, 0.25) is 11.8 Å². The molecule has 1 aliphatic rings. The second kappa shape index (κ2) is 8.77. The first kappa shape index (κ1) is 20.4. The number of nitriles is 1. The Bertz CT molecular complexity index is 1080. The number of anilines is 2. The molecule has 7 nitrogen and oxygen atoms in total. The van der Waals surface area contributed by atoms with Crippen LogP contribution in [0.1, 0.15) is 0 Å². The number of halogens is 1. The lowest BCUT2D eigenvalue weighted by Gasteiger charge is -2.31. The Morgan fingerprint density at radius 3 is 2.59 bits per heavy atom. The van der Waals surface area contributed by atoms with Gasteiger partial charge in [0.25, 0.3) is 5.91 Å². The molecule has 0 spiro atoms. The molecule has 1 heterocycles. The average molecular weight is 469 g/mol. The third-order valence-corrected chi connectivity index (χ3v) is 4.78. The van der Waals surface area contributed by atoms with Gasteiger partial charge in [-0.1, -0.05) is 40.2 Å². The molecule has 0 aliphatic carbocycles. The molecule has 9 heteroatoms. The molecule has 0 unspecified atom stereocenters. The van der Waals surface area contributed by atoms with Crippen LogP contribution in [0.2, 0.25) is 0 Å². The summed E-state index contributed by atoms with van der Waals surface area (Å²) in [7, 11) is 0. The number of rotatable bonds is 4. The van der Waals surface area contributed by atoms with Crippen molar-refractivity contribution >= 4 is 62.4 Å². The summed E-state index contributed by atoms with van der Waals surface area (Å²) in [5, 5.41) is 14.3. The molecular formula is C20H13BrN4O3S. The Morgan fingerprint density at radius 2 is 1.93 bits per heavy atom. The van der Waals surface area contributed by atoms with Gasteiger partial charge in [-0.25, -0.2) is 0 Å². The van der Waals surface area contributed by atoms with Crippen molar-refractivity contribution in [3.63, 3.8) is 0 Å². The first-order valence-electron chi connectivity index (χ1n) is 8.33. The smallest absolute Gasteiger partial charge is 0.266 e. The van der Waals surface area contributed by atoms with E-state index in [9.17, 15) is 19.6 Å². The van der Waals surface area contributed by atoms with Gasteiger partial charge >= 0.3 is 0 Å². The molecule has 144 valence electrons. The Morgan fingerprint density at radius 1 is 1.21 bits per heavy atom. The van der Waals surface area contributed by atoms with Crippen LogP contribution in [0, 0.1) is 17.2 Å². The number of amides is 3. The van der Waals surface area contributed by atoms with Crippen LogP contribution in [0.25, 0.3) is 0 Å². The van der Waals surface area contributed by atoms with E-state index in [1.165, 1.54) is 4.90 Å². The van der Waals surface area contributed by atoms with Crippen molar-refractivity contribution in [1.29, 1.82) is 5.26 Å². The highest BCUT2D eigenvalue weighted by atomic mass is 79.9. The van der Waals surface area contributed by atoms with Gasteiger partial charge in [0.05, 0.1) is 5.69 Å². The van der Waals surface area contributed by atoms with Gasteiger partial charge < -0.3 is 10.6 Å². The van der Waals surface area contributed by atoms with E-state index < -0.39 is 23.6 Å². The molecule has 0 radical (unpaired) electrons. The van der Waals surface area contributed by atoms with Crippen molar-refractivity contribution < 1.29 is 14.4 Å². The number of nitrogens with zero attached hydrogens (tertiary/aromatic N) is 2. The molecule has 2 N–H and O–H groups in total. The molecule has 0 saturated carbocycles. The van der Waals surface area contributed by atoms with E-state index in [1.54, 1.807) is 60.7 Å². The molecule has 2 aromatic carbocycles. The van der Waals surface area contributed by atoms with Crippen LogP contribution in [0.15, 0.2) is 70.7 Å². The third kappa shape index (κ3) is 4.56. The molecule has 1 fully saturated rings. The number of nitrogens with one attached hydrogen (secondary N) is 2. The maximum Gasteiger partial charge on any atom is 0.266 e. The van der Waals surface area contributed by atoms with Crippen LogP contribution in [0.5, 0.6) is 0 Å². The van der Waals surface area contributed by atoms with Gasteiger partial charge in [-0.3, -0.25) is 19.3 Å². The van der Waals surface area contributed by atoms with Crippen LogP contribution >= 0.6 is 28.1 Å². The zero-order chi connectivity index (χ0) is 21.0. The number of hydrogen-bond acceptors (Lipinski definition) is 5. The summed E-state index contributed by atoms with van der Waals surface area (Å²) in [5.74, 6) is -3.45. The average Bonchev–Trinajstić information content (AvgIpc) is 2.68. The Labute approximate surface area is 180 Å². The van der Waals surface area contributed by atoms with Crippen LogP contribution in [-0.2, 0) is 14.4 Å². The summed E-state index contributed by atoms with van der Waals surface area (Å²) < 4.78 is 0.742. The van der Waals surface area contributed by atoms with Gasteiger partial charge in [-0.2, -0.15) is 5.26 Å². The molecule has 29 heavy (non-hydrogen) atoms. The summed E-state index contributed by atoms with van der Waals surface area (Å²) in [6, 6.07) is 17.1. The zero-order valence-corrected chi connectivity index (χ0v) is 17.2. The van der Waals surface area contributed by atoms with E-state index in [0.29, 0.717) is 11.4 Å². The molecule has 1 atom stereocenters. The minimum atomic E-state index is -1.37. The Kier molecular flexibility index (Phi) is 6.16. The maximum atomic E-state index is 12.9. The van der Waals surface area contributed by atoms with E-state index in [1.807, 2.05) is 0 Å². The van der Waals surface area contributed by atoms with Gasteiger partial charge in [-0.05, 0) is 48.6 Å². The largest absolute Gasteiger partial charge is 0.321 e. The summed E-state index contributed by atoms with van der Waals surface area (Å²) in [5.41, 5.74) is 0.564. The van der Waals surface area contributed by atoms with Gasteiger partial charge in [0.15, 0.2) is 5.11 Å². The molecule has 3 rings (SSSR count). The minimum Gasteiger partial charge on any atom is -0.321 e. The van der Waals surface area contributed by atoms with E-state index in [0.717, 1.165) is 10.5 Å². The number of carbonyl (C=O) groups excluding carboxylic acids is 3. The van der Waals surface area contributed by atoms with Crippen LogP contribution < -0.4 is 15.5 Å². The summed E-state index contributed by atoms with van der Waals surface area (Å²) >= 11 is 8.40. The van der Waals surface area contributed by atoms with E-state index in [2.05, 4.69) is 26.6 Å². The summed E-state index contributed by atoms with van der Waals surface area (Å²) in [4.78, 5) is 38.9. The van der Waals surface area contributed by atoms with E-state index >= 15 is 0 Å². The van der Waals surface area contributed by atoms with Gasteiger partial charge in [0.1, 0.15) is 17.6 Å². The van der Waals surface area contributed by atoms with E-state index in [4.69, 9.17) is 12.2 Å². The first-order chi connectivity index (χ1) is 13.9. The van der Waals surface area contributed by atoms with Crippen LogP contribution in [0.4, 0.5) is 11.4 Å². The van der Waals surface area contributed by atoms with Crippen molar-refractivity contribution in [2.24, 2.45) is 5.92 Å². The van der Waals surface area contributed by atoms with Crippen molar-refractivity contribution in [3.05, 3.63) is 70.7 Å². The molecule has 1 saturated heterocycles. The van der Waals surface area contributed by atoms with Crippen LogP contribution in [-0.4, -0.2) is 22.8 Å². The standard InChI is InChI=1S/C20H13BrN4O3S/c21-13-5-4-6-14(10-13)23-17(26)12(11-22)9-16-18(27)24-20(29)25(19(16)28)15-7-2-1-3-8-15/h1-10,16H,(H,23,26)(H,24,27,29)/b12-9-/t16-/m0/s1. The molecule has 0 bridgehead atoms. The number of benzene rings is 2. The lowest BCUT2D eigenvalue weighted by Crippen LogP contribution is -2.57. The molecule has 3 amide bonds. The molecule has 1 aliphatic heterocycles. The minimum absolute atomic E-state index is 0.0621. The second-order valence-corrected chi connectivity index (χ2v) is 7.24. The maximum absolute atomic E-state index is 12.9. The van der Waals surface area contributed by atoms with Crippen molar-refractivity contribution in [2.45, 2.75) is 0 Å². The van der Waals surface area contributed by atoms with Gasteiger partial charge in [0, 0.05) is 10.2 Å². The highest BCUT2D eigenvalue weighted by Crippen LogP contribution is 2.22. The number of para-hydroxylation sites is 1.